The zero-order valence-corrected chi connectivity index (χ0v) is 13.9. The van der Waals surface area contributed by atoms with Crippen molar-refractivity contribution in [1.82, 2.24) is 9.80 Å². The van der Waals surface area contributed by atoms with E-state index in [-0.39, 0.29) is 23.9 Å². The standard InChI is InChI=1S/C19H25N3O2/c20-16-9-8-14-11-21(12-15(14)16)19(24)17-7-4-10-22(17)18(23)13-5-2-1-3-6-13/h1-3,5-6,14-17H,4,7-12,20H2. The summed E-state index contributed by atoms with van der Waals surface area (Å²) in [6.45, 7) is 2.26. The Morgan fingerprint density at radius 3 is 2.58 bits per heavy atom. The van der Waals surface area contributed by atoms with Crippen LogP contribution in [0.5, 0.6) is 0 Å². The number of amides is 2. The average Bonchev–Trinajstić information content (AvgIpc) is 3.32. The van der Waals surface area contributed by atoms with E-state index in [0.717, 1.165) is 38.8 Å². The first-order valence-electron chi connectivity index (χ1n) is 9.05. The van der Waals surface area contributed by atoms with Gasteiger partial charge in [-0.05, 0) is 49.7 Å². The van der Waals surface area contributed by atoms with E-state index in [1.165, 1.54) is 0 Å². The lowest BCUT2D eigenvalue weighted by Crippen LogP contribution is -2.47. The number of nitrogens with two attached hydrogens (primary N) is 1. The molecule has 2 heterocycles. The van der Waals surface area contributed by atoms with Crippen molar-refractivity contribution in [2.24, 2.45) is 17.6 Å². The van der Waals surface area contributed by atoms with E-state index in [1.807, 2.05) is 35.2 Å². The molecule has 128 valence electrons. The fraction of sp³-hybridized carbons (Fsp3) is 0.579. The lowest BCUT2D eigenvalue weighted by Gasteiger charge is -2.28. The molecule has 5 nitrogen and oxygen atoms in total. The van der Waals surface area contributed by atoms with Crippen LogP contribution in [-0.4, -0.2) is 53.3 Å². The number of hydrogen-bond donors (Lipinski definition) is 1. The zero-order valence-electron chi connectivity index (χ0n) is 13.9. The number of hydrogen-bond acceptors (Lipinski definition) is 3. The van der Waals surface area contributed by atoms with Crippen LogP contribution < -0.4 is 5.73 Å². The Bertz CT molecular complexity index is 633. The third-order valence-electron chi connectivity index (χ3n) is 6.04. The molecule has 2 aliphatic heterocycles. The first-order valence-corrected chi connectivity index (χ1v) is 9.05. The van der Waals surface area contributed by atoms with E-state index >= 15 is 0 Å². The summed E-state index contributed by atoms with van der Waals surface area (Å²) in [4.78, 5) is 29.5. The zero-order chi connectivity index (χ0) is 16.7. The van der Waals surface area contributed by atoms with Crippen molar-refractivity contribution in [3.63, 3.8) is 0 Å². The molecule has 0 aromatic heterocycles. The fourth-order valence-corrected chi connectivity index (χ4v) is 4.71. The van der Waals surface area contributed by atoms with Crippen LogP contribution in [0.2, 0.25) is 0 Å². The number of carbonyl (C=O) groups is 2. The van der Waals surface area contributed by atoms with Gasteiger partial charge in [-0.1, -0.05) is 18.2 Å². The van der Waals surface area contributed by atoms with Crippen LogP contribution >= 0.6 is 0 Å². The van der Waals surface area contributed by atoms with Crippen LogP contribution in [0.3, 0.4) is 0 Å². The Balaban J connectivity index is 1.47. The molecule has 4 unspecified atom stereocenters. The summed E-state index contributed by atoms with van der Waals surface area (Å²) in [5.41, 5.74) is 6.85. The molecule has 5 heteroatoms. The molecule has 2 N–H and O–H groups in total. The molecule has 3 fully saturated rings. The van der Waals surface area contributed by atoms with Gasteiger partial charge in [0.1, 0.15) is 6.04 Å². The smallest absolute Gasteiger partial charge is 0.254 e. The van der Waals surface area contributed by atoms with E-state index < -0.39 is 0 Å². The van der Waals surface area contributed by atoms with E-state index in [9.17, 15) is 9.59 Å². The molecule has 0 radical (unpaired) electrons. The molecule has 2 saturated heterocycles. The van der Waals surface area contributed by atoms with Crippen molar-refractivity contribution in [2.75, 3.05) is 19.6 Å². The monoisotopic (exact) mass is 327 g/mol. The fourth-order valence-electron chi connectivity index (χ4n) is 4.71. The van der Waals surface area contributed by atoms with Gasteiger partial charge in [-0.15, -0.1) is 0 Å². The summed E-state index contributed by atoms with van der Waals surface area (Å²) in [6.07, 6.45) is 3.89. The minimum atomic E-state index is -0.298. The Hall–Kier alpha value is -1.88. The molecule has 1 aromatic rings. The second-order valence-corrected chi connectivity index (χ2v) is 7.43. The van der Waals surface area contributed by atoms with Crippen molar-refractivity contribution >= 4 is 11.8 Å². The molecule has 24 heavy (non-hydrogen) atoms. The summed E-state index contributed by atoms with van der Waals surface area (Å²) < 4.78 is 0. The number of benzene rings is 1. The normalized spacial score (nSPS) is 32.2. The lowest BCUT2D eigenvalue weighted by atomic mass is 9.98. The molecule has 4 atom stereocenters. The van der Waals surface area contributed by atoms with Crippen molar-refractivity contribution in [3.8, 4) is 0 Å². The molecular formula is C19H25N3O2. The Labute approximate surface area is 142 Å². The third-order valence-corrected chi connectivity index (χ3v) is 6.04. The summed E-state index contributed by atoms with van der Waals surface area (Å²) in [5, 5.41) is 0. The summed E-state index contributed by atoms with van der Waals surface area (Å²) in [7, 11) is 0. The number of fused-ring (bicyclic) bond motifs is 1. The quantitative estimate of drug-likeness (QED) is 0.895. The van der Waals surface area contributed by atoms with Crippen LogP contribution in [0.1, 0.15) is 36.0 Å². The van der Waals surface area contributed by atoms with Gasteiger partial charge in [-0.25, -0.2) is 0 Å². The highest BCUT2D eigenvalue weighted by molar-refractivity contribution is 5.98. The predicted molar refractivity (Wildman–Crippen MR) is 91.3 cm³/mol. The second-order valence-electron chi connectivity index (χ2n) is 7.43. The van der Waals surface area contributed by atoms with Crippen LogP contribution in [-0.2, 0) is 4.79 Å². The summed E-state index contributed by atoms with van der Waals surface area (Å²) in [5.74, 6) is 1.11. The van der Waals surface area contributed by atoms with Crippen molar-refractivity contribution < 1.29 is 9.59 Å². The molecule has 4 rings (SSSR count). The Morgan fingerprint density at radius 2 is 1.83 bits per heavy atom. The molecule has 1 aliphatic carbocycles. The first-order chi connectivity index (χ1) is 11.6. The van der Waals surface area contributed by atoms with Gasteiger partial charge in [0.05, 0.1) is 0 Å². The number of carbonyl (C=O) groups excluding carboxylic acids is 2. The SMILES string of the molecule is NC1CCC2CN(C(=O)C3CCCN3C(=O)c3ccccc3)CC12. The van der Waals surface area contributed by atoms with Gasteiger partial charge in [0.2, 0.25) is 5.91 Å². The molecule has 0 bridgehead atoms. The van der Waals surface area contributed by atoms with E-state index in [2.05, 4.69) is 0 Å². The van der Waals surface area contributed by atoms with Crippen LogP contribution in [0.15, 0.2) is 30.3 Å². The van der Waals surface area contributed by atoms with Gasteiger partial charge in [-0.3, -0.25) is 9.59 Å². The highest BCUT2D eigenvalue weighted by atomic mass is 16.2. The van der Waals surface area contributed by atoms with Gasteiger partial charge in [0.25, 0.3) is 5.91 Å². The van der Waals surface area contributed by atoms with Crippen molar-refractivity contribution in [2.45, 2.75) is 37.8 Å². The van der Waals surface area contributed by atoms with Gasteiger partial charge in [0, 0.05) is 31.2 Å². The molecule has 2 amide bonds. The Kier molecular flexibility index (Phi) is 4.04. The topological polar surface area (TPSA) is 66.6 Å². The molecule has 1 saturated carbocycles. The van der Waals surface area contributed by atoms with E-state index in [0.29, 0.717) is 23.9 Å². The number of rotatable bonds is 2. The summed E-state index contributed by atoms with van der Waals surface area (Å²) in [6, 6.07) is 9.21. The highest BCUT2D eigenvalue weighted by Crippen LogP contribution is 2.38. The first kappa shape index (κ1) is 15.6. The molecule has 1 aromatic carbocycles. The van der Waals surface area contributed by atoms with Gasteiger partial charge >= 0.3 is 0 Å². The van der Waals surface area contributed by atoms with Crippen LogP contribution in [0.4, 0.5) is 0 Å². The lowest BCUT2D eigenvalue weighted by molar-refractivity contribution is -0.134. The van der Waals surface area contributed by atoms with Crippen molar-refractivity contribution in [1.29, 1.82) is 0 Å². The van der Waals surface area contributed by atoms with Crippen LogP contribution in [0.25, 0.3) is 0 Å². The minimum absolute atomic E-state index is 0.0254. The largest absolute Gasteiger partial charge is 0.340 e. The highest BCUT2D eigenvalue weighted by Gasteiger charge is 2.45. The molecular weight excluding hydrogens is 302 g/mol. The minimum Gasteiger partial charge on any atom is -0.340 e. The predicted octanol–water partition coefficient (Wildman–Crippen LogP) is 1.49. The van der Waals surface area contributed by atoms with E-state index in [1.54, 1.807) is 4.90 Å². The average molecular weight is 327 g/mol. The van der Waals surface area contributed by atoms with Gasteiger partial charge in [-0.2, -0.15) is 0 Å². The second kappa shape index (κ2) is 6.20. The van der Waals surface area contributed by atoms with Crippen LogP contribution in [0, 0.1) is 11.8 Å². The Morgan fingerprint density at radius 1 is 1.04 bits per heavy atom. The number of nitrogens with zero attached hydrogens (tertiary/aromatic N) is 2. The van der Waals surface area contributed by atoms with Gasteiger partial charge < -0.3 is 15.5 Å². The maximum absolute atomic E-state index is 13.0. The molecule has 3 aliphatic rings. The maximum Gasteiger partial charge on any atom is 0.254 e. The maximum atomic E-state index is 13.0. The molecule has 0 spiro atoms. The number of likely N-dealkylation sites (tertiary alicyclic amines) is 2. The van der Waals surface area contributed by atoms with E-state index in [4.69, 9.17) is 5.73 Å². The van der Waals surface area contributed by atoms with Crippen molar-refractivity contribution in [3.05, 3.63) is 35.9 Å². The van der Waals surface area contributed by atoms with Gasteiger partial charge in [0.15, 0.2) is 0 Å². The third kappa shape index (κ3) is 2.61. The summed E-state index contributed by atoms with van der Waals surface area (Å²) >= 11 is 0.